The van der Waals surface area contributed by atoms with E-state index in [1.165, 1.54) is 11.1 Å². The summed E-state index contributed by atoms with van der Waals surface area (Å²) in [4.78, 5) is 11.6. The molecule has 1 aromatic carbocycles. The molecule has 0 saturated heterocycles. The molecule has 1 rings (SSSR count). The van der Waals surface area contributed by atoms with E-state index in [1.54, 1.807) is 0 Å². The number of nitrogens with two attached hydrogens (primary N) is 1. The molecule has 3 N–H and O–H groups in total. The molecule has 0 aromatic heterocycles. The van der Waals surface area contributed by atoms with Crippen LogP contribution < -0.4 is 11.1 Å². The molecular formula is C15H24N2O. The van der Waals surface area contributed by atoms with Gasteiger partial charge in [0.05, 0.1) is 0 Å². The van der Waals surface area contributed by atoms with E-state index in [1.807, 2.05) is 0 Å². The fourth-order valence-corrected chi connectivity index (χ4v) is 1.80. The van der Waals surface area contributed by atoms with Crippen LogP contribution in [-0.2, 0) is 11.2 Å². The normalized spacial score (nSPS) is 12.2. The summed E-state index contributed by atoms with van der Waals surface area (Å²) in [7, 11) is 0. The van der Waals surface area contributed by atoms with Crippen LogP contribution in [0.2, 0.25) is 0 Å². The zero-order valence-electron chi connectivity index (χ0n) is 11.4. The zero-order valence-corrected chi connectivity index (χ0v) is 11.4. The molecule has 1 aromatic rings. The molecule has 3 nitrogen and oxygen atoms in total. The molecule has 1 unspecified atom stereocenters. The molecule has 0 spiro atoms. The second-order valence-electron chi connectivity index (χ2n) is 4.97. The Hall–Kier alpha value is -1.35. The van der Waals surface area contributed by atoms with E-state index in [0.29, 0.717) is 25.4 Å². The lowest BCUT2D eigenvalue weighted by Gasteiger charge is -2.09. The first kappa shape index (κ1) is 14.7. The van der Waals surface area contributed by atoms with E-state index >= 15 is 0 Å². The highest BCUT2D eigenvalue weighted by atomic mass is 16.1. The smallest absolute Gasteiger partial charge is 0.220 e. The molecule has 0 heterocycles. The summed E-state index contributed by atoms with van der Waals surface area (Å²) in [5.74, 6) is 0.551. The summed E-state index contributed by atoms with van der Waals surface area (Å²) in [6, 6.07) is 8.38. The van der Waals surface area contributed by atoms with Gasteiger partial charge in [-0.25, -0.2) is 0 Å². The van der Waals surface area contributed by atoms with Crippen molar-refractivity contribution in [1.29, 1.82) is 0 Å². The molecule has 3 heteroatoms. The van der Waals surface area contributed by atoms with Gasteiger partial charge in [-0.05, 0) is 37.8 Å². The van der Waals surface area contributed by atoms with Gasteiger partial charge in [-0.2, -0.15) is 0 Å². The summed E-state index contributed by atoms with van der Waals surface area (Å²) >= 11 is 0. The minimum Gasteiger partial charge on any atom is -0.356 e. The monoisotopic (exact) mass is 248 g/mol. The van der Waals surface area contributed by atoms with Crippen molar-refractivity contribution in [3.8, 4) is 0 Å². The first-order valence-electron chi connectivity index (χ1n) is 6.64. The Kier molecular flexibility index (Phi) is 6.44. The van der Waals surface area contributed by atoms with E-state index in [4.69, 9.17) is 5.73 Å². The lowest BCUT2D eigenvalue weighted by molar-refractivity contribution is -0.121. The van der Waals surface area contributed by atoms with Crippen LogP contribution in [0.5, 0.6) is 0 Å². The second kappa shape index (κ2) is 7.88. The maximum absolute atomic E-state index is 11.6. The summed E-state index contributed by atoms with van der Waals surface area (Å²) in [5.41, 5.74) is 8.05. The summed E-state index contributed by atoms with van der Waals surface area (Å²) < 4.78 is 0. The van der Waals surface area contributed by atoms with Crippen molar-refractivity contribution in [3.05, 3.63) is 35.4 Å². The van der Waals surface area contributed by atoms with Crippen LogP contribution in [0.25, 0.3) is 0 Å². The number of carbonyl (C=O) groups is 1. The number of rotatable bonds is 7. The van der Waals surface area contributed by atoms with Crippen molar-refractivity contribution in [3.63, 3.8) is 0 Å². The third kappa shape index (κ3) is 5.82. The van der Waals surface area contributed by atoms with Gasteiger partial charge in [-0.3, -0.25) is 4.79 Å². The van der Waals surface area contributed by atoms with Crippen LogP contribution in [0.1, 0.15) is 30.9 Å². The van der Waals surface area contributed by atoms with Crippen LogP contribution >= 0.6 is 0 Å². The predicted octanol–water partition coefficient (Wildman–Crippen LogP) is 2.03. The van der Waals surface area contributed by atoms with Crippen LogP contribution in [0.3, 0.4) is 0 Å². The van der Waals surface area contributed by atoms with Crippen LogP contribution in [0.4, 0.5) is 0 Å². The predicted molar refractivity (Wildman–Crippen MR) is 75.3 cm³/mol. The van der Waals surface area contributed by atoms with E-state index in [9.17, 15) is 4.79 Å². The van der Waals surface area contributed by atoms with Crippen LogP contribution in [0.15, 0.2) is 24.3 Å². The van der Waals surface area contributed by atoms with Gasteiger partial charge in [0.2, 0.25) is 5.91 Å². The molecule has 1 atom stereocenters. The molecule has 0 fully saturated rings. The molecule has 18 heavy (non-hydrogen) atoms. The third-order valence-corrected chi connectivity index (χ3v) is 3.08. The minimum absolute atomic E-state index is 0.128. The number of hydrogen-bond acceptors (Lipinski definition) is 2. The Balaban J connectivity index is 2.19. The Labute approximate surface area is 110 Å². The van der Waals surface area contributed by atoms with Crippen molar-refractivity contribution >= 4 is 5.91 Å². The number of hydrogen-bond donors (Lipinski definition) is 2. The molecule has 0 saturated carbocycles. The highest BCUT2D eigenvalue weighted by molar-refractivity contribution is 5.75. The van der Waals surface area contributed by atoms with Gasteiger partial charge in [0.1, 0.15) is 0 Å². The Bertz CT molecular complexity index is 377. The first-order valence-corrected chi connectivity index (χ1v) is 6.64. The molecule has 1 amide bonds. The van der Waals surface area contributed by atoms with Crippen molar-refractivity contribution in [2.75, 3.05) is 13.1 Å². The van der Waals surface area contributed by atoms with Crippen molar-refractivity contribution in [1.82, 2.24) is 5.32 Å². The average Bonchev–Trinajstić information content (AvgIpc) is 2.36. The number of aryl methyl sites for hydroxylation is 1. The summed E-state index contributed by atoms with van der Waals surface area (Å²) in [6.45, 7) is 5.51. The highest BCUT2D eigenvalue weighted by Gasteiger charge is 2.04. The number of carbonyl (C=O) groups excluding carboxylic acids is 1. The summed E-state index contributed by atoms with van der Waals surface area (Å²) in [5, 5.41) is 2.95. The topological polar surface area (TPSA) is 55.1 Å². The van der Waals surface area contributed by atoms with E-state index in [2.05, 4.69) is 43.4 Å². The van der Waals surface area contributed by atoms with E-state index in [0.717, 1.165) is 12.8 Å². The third-order valence-electron chi connectivity index (χ3n) is 3.08. The van der Waals surface area contributed by atoms with Gasteiger partial charge < -0.3 is 11.1 Å². The standard InChI is InChI=1S/C15H24N2O/c1-12-4-3-5-14(10-12)8-9-17-15(18)7-6-13(2)11-16/h3-5,10,13H,6-9,11,16H2,1-2H3,(H,17,18). The van der Waals surface area contributed by atoms with Gasteiger partial charge in [0.25, 0.3) is 0 Å². The van der Waals surface area contributed by atoms with Gasteiger partial charge in [0.15, 0.2) is 0 Å². The molecule has 0 aliphatic heterocycles. The van der Waals surface area contributed by atoms with Crippen molar-refractivity contribution < 1.29 is 4.79 Å². The average molecular weight is 248 g/mol. The number of amides is 1. The quantitative estimate of drug-likeness (QED) is 0.775. The maximum atomic E-state index is 11.6. The molecule has 0 aliphatic rings. The fraction of sp³-hybridized carbons (Fsp3) is 0.533. The Morgan fingerprint density at radius 2 is 2.22 bits per heavy atom. The first-order chi connectivity index (χ1) is 8.61. The number of benzene rings is 1. The fourth-order valence-electron chi connectivity index (χ4n) is 1.80. The van der Waals surface area contributed by atoms with Crippen LogP contribution in [0, 0.1) is 12.8 Å². The Morgan fingerprint density at radius 1 is 1.44 bits per heavy atom. The second-order valence-corrected chi connectivity index (χ2v) is 4.97. The van der Waals surface area contributed by atoms with Crippen molar-refractivity contribution in [2.24, 2.45) is 11.7 Å². The van der Waals surface area contributed by atoms with Crippen LogP contribution in [-0.4, -0.2) is 19.0 Å². The lowest BCUT2D eigenvalue weighted by atomic mass is 10.1. The minimum atomic E-state index is 0.128. The zero-order chi connectivity index (χ0) is 13.4. The van der Waals surface area contributed by atoms with Crippen molar-refractivity contribution in [2.45, 2.75) is 33.1 Å². The van der Waals surface area contributed by atoms with Gasteiger partial charge >= 0.3 is 0 Å². The maximum Gasteiger partial charge on any atom is 0.220 e. The molecule has 0 radical (unpaired) electrons. The molecule has 0 bridgehead atoms. The number of nitrogens with one attached hydrogen (secondary N) is 1. The van der Waals surface area contributed by atoms with Gasteiger partial charge in [-0.1, -0.05) is 36.8 Å². The Morgan fingerprint density at radius 3 is 2.89 bits per heavy atom. The highest BCUT2D eigenvalue weighted by Crippen LogP contribution is 2.05. The molecule has 100 valence electrons. The molecule has 0 aliphatic carbocycles. The lowest BCUT2D eigenvalue weighted by Crippen LogP contribution is -2.26. The molecular weight excluding hydrogens is 224 g/mol. The SMILES string of the molecule is Cc1cccc(CCNC(=O)CCC(C)CN)c1. The van der Waals surface area contributed by atoms with Gasteiger partial charge in [0, 0.05) is 13.0 Å². The van der Waals surface area contributed by atoms with E-state index < -0.39 is 0 Å². The van der Waals surface area contributed by atoms with Gasteiger partial charge in [-0.15, -0.1) is 0 Å². The largest absolute Gasteiger partial charge is 0.356 e. The summed E-state index contributed by atoms with van der Waals surface area (Å²) in [6.07, 6.45) is 2.33. The van der Waals surface area contributed by atoms with E-state index in [-0.39, 0.29) is 5.91 Å².